The molecule has 21 heavy (non-hydrogen) atoms. The van der Waals surface area contributed by atoms with Gasteiger partial charge in [0.1, 0.15) is 11.6 Å². The Morgan fingerprint density at radius 2 is 1.86 bits per heavy atom. The van der Waals surface area contributed by atoms with Crippen LogP contribution in [0, 0.1) is 0 Å². The zero-order valence-corrected chi connectivity index (χ0v) is 11.7. The van der Waals surface area contributed by atoms with Gasteiger partial charge in [0.05, 0.1) is 11.2 Å². The fourth-order valence-electron chi connectivity index (χ4n) is 2.31. The molecule has 0 saturated heterocycles. The lowest BCUT2D eigenvalue weighted by Gasteiger charge is -2.14. The number of nitrogen functional groups attached to an aromatic ring is 1. The molecular weight excluding hydrogens is 264 g/mol. The molecule has 0 unspecified atom stereocenters. The van der Waals surface area contributed by atoms with Gasteiger partial charge in [-0.05, 0) is 31.2 Å². The lowest BCUT2D eigenvalue weighted by atomic mass is 10.2. The summed E-state index contributed by atoms with van der Waals surface area (Å²) in [5.74, 6) is 0.646. The summed E-state index contributed by atoms with van der Waals surface area (Å²) in [5, 5.41) is 10.9. The molecule has 3 N–H and O–H groups in total. The predicted molar refractivity (Wildman–Crippen MR) is 83.3 cm³/mol. The summed E-state index contributed by atoms with van der Waals surface area (Å²) >= 11 is 0. The van der Waals surface area contributed by atoms with Crippen molar-refractivity contribution in [3.63, 3.8) is 0 Å². The number of hydrogen-bond donors (Lipinski definition) is 2. The molecule has 106 valence electrons. The second-order valence-corrected chi connectivity index (χ2v) is 4.61. The van der Waals surface area contributed by atoms with E-state index in [1.165, 1.54) is 0 Å². The summed E-state index contributed by atoms with van der Waals surface area (Å²) in [6, 6.07) is 14.6. The number of aromatic nitrogens is 2. The third-order valence-corrected chi connectivity index (χ3v) is 3.26. The minimum absolute atomic E-state index is 0.138. The van der Waals surface area contributed by atoms with Crippen LogP contribution in [-0.2, 0) is 0 Å². The van der Waals surface area contributed by atoms with Gasteiger partial charge in [0.2, 0.25) is 5.62 Å². The van der Waals surface area contributed by atoms with E-state index in [0.29, 0.717) is 23.7 Å². The normalized spacial score (nSPS) is 12.0. The molecular formula is C16H16N4O. The van der Waals surface area contributed by atoms with Gasteiger partial charge in [0, 0.05) is 11.9 Å². The number of phenols is 1. The van der Waals surface area contributed by atoms with Gasteiger partial charge in [0.15, 0.2) is 0 Å². The number of nitrogens with zero attached hydrogens (tertiary/aromatic N) is 3. The lowest BCUT2D eigenvalue weighted by Crippen LogP contribution is -2.26. The molecule has 3 aromatic rings. The smallest absolute Gasteiger partial charge is 0.231 e. The quantitative estimate of drug-likeness (QED) is 0.755. The van der Waals surface area contributed by atoms with Crippen molar-refractivity contribution >= 4 is 16.7 Å². The molecule has 0 amide bonds. The highest BCUT2D eigenvalue weighted by atomic mass is 16.3. The molecule has 1 aromatic heterocycles. The molecule has 2 aromatic carbocycles. The third-order valence-electron chi connectivity index (χ3n) is 3.26. The van der Waals surface area contributed by atoms with Crippen molar-refractivity contribution in [3.8, 4) is 11.4 Å². The molecule has 0 aliphatic heterocycles. The second-order valence-electron chi connectivity index (χ2n) is 4.61. The Labute approximate surface area is 122 Å². The molecule has 0 radical (unpaired) electrons. The Morgan fingerprint density at radius 1 is 1.14 bits per heavy atom. The molecule has 5 nitrogen and oxygen atoms in total. The van der Waals surface area contributed by atoms with Gasteiger partial charge in [-0.2, -0.15) is 0 Å². The first kappa shape index (κ1) is 13.2. The Kier molecular flexibility index (Phi) is 3.31. The number of para-hydroxylation sites is 3. The van der Waals surface area contributed by atoms with Gasteiger partial charge in [-0.1, -0.05) is 24.3 Å². The number of benzene rings is 2. The van der Waals surface area contributed by atoms with Gasteiger partial charge in [-0.15, -0.1) is 0 Å². The fourth-order valence-corrected chi connectivity index (χ4v) is 2.31. The maximum Gasteiger partial charge on any atom is 0.231 e. The van der Waals surface area contributed by atoms with Crippen LogP contribution in [0.3, 0.4) is 0 Å². The molecule has 0 aliphatic carbocycles. The van der Waals surface area contributed by atoms with E-state index < -0.39 is 0 Å². The zero-order chi connectivity index (χ0) is 14.8. The van der Waals surface area contributed by atoms with Crippen LogP contribution in [0.2, 0.25) is 0 Å². The van der Waals surface area contributed by atoms with Crippen molar-refractivity contribution in [1.82, 2.24) is 9.55 Å². The molecule has 0 bridgehead atoms. The number of fused-ring (bicyclic) bond motifs is 1. The number of anilines is 1. The van der Waals surface area contributed by atoms with Gasteiger partial charge >= 0.3 is 0 Å². The predicted octanol–water partition coefficient (Wildman–Crippen LogP) is 2.23. The fraction of sp³-hybridized carbons (Fsp3) is 0.125. The summed E-state index contributed by atoms with van der Waals surface area (Å²) in [7, 11) is 0. The van der Waals surface area contributed by atoms with Gasteiger partial charge < -0.3 is 10.8 Å². The van der Waals surface area contributed by atoms with Crippen LogP contribution in [0.4, 0.5) is 5.82 Å². The molecule has 0 aliphatic rings. The molecule has 1 heterocycles. The van der Waals surface area contributed by atoms with E-state index in [4.69, 9.17) is 5.73 Å². The molecule has 5 heteroatoms. The highest BCUT2D eigenvalue weighted by Crippen LogP contribution is 2.25. The maximum atomic E-state index is 10.1. The Balaban J connectivity index is 2.46. The second kappa shape index (κ2) is 5.28. The molecule has 0 atom stereocenters. The number of rotatable bonds is 2. The van der Waals surface area contributed by atoms with E-state index in [9.17, 15) is 5.11 Å². The van der Waals surface area contributed by atoms with E-state index in [0.717, 1.165) is 10.9 Å². The minimum Gasteiger partial charge on any atom is -0.506 e. The van der Waals surface area contributed by atoms with Crippen molar-refractivity contribution in [2.24, 2.45) is 4.99 Å². The van der Waals surface area contributed by atoms with E-state index in [1.807, 2.05) is 37.3 Å². The van der Waals surface area contributed by atoms with Crippen molar-refractivity contribution < 1.29 is 5.11 Å². The Bertz CT molecular complexity index is 868. The number of phenolic OH excluding ortho intramolecular Hbond substituents is 1. The maximum absolute atomic E-state index is 10.1. The first-order chi connectivity index (χ1) is 10.2. The first-order valence-corrected chi connectivity index (χ1v) is 6.78. The van der Waals surface area contributed by atoms with Crippen LogP contribution in [0.5, 0.6) is 5.75 Å². The van der Waals surface area contributed by atoms with Gasteiger partial charge in [-0.3, -0.25) is 9.56 Å². The van der Waals surface area contributed by atoms with Crippen LogP contribution < -0.4 is 11.4 Å². The third kappa shape index (κ3) is 2.23. The van der Waals surface area contributed by atoms with Crippen molar-refractivity contribution in [3.05, 3.63) is 54.1 Å². The van der Waals surface area contributed by atoms with E-state index in [2.05, 4.69) is 9.98 Å². The van der Waals surface area contributed by atoms with E-state index in [1.54, 1.807) is 22.8 Å². The number of nitrogens with two attached hydrogens (primary N) is 1. The van der Waals surface area contributed by atoms with Crippen molar-refractivity contribution in [1.29, 1.82) is 0 Å². The Morgan fingerprint density at radius 3 is 2.62 bits per heavy atom. The van der Waals surface area contributed by atoms with Crippen LogP contribution in [0.1, 0.15) is 6.92 Å². The van der Waals surface area contributed by atoms with Gasteiger partial charge in [-0.25, -0.2) is 4.98 Å². The van der Waals surface area contributed by atoms with Crippen molar-refractivity contribution in [2.75, 3.05) is 12.3 Å². The van der Waals surface area contributed by atoms with Crippen LogP contribution in [0.15, 0.2) is 53.5 Å². The largest absolute Gasteiger partial charge is 0.506 e. The summed E-state index contributed by atoms with van der Waals surface area (Å²) in [4.78, 5) is 8.94. The highest BCUT2D eigenvalue weighted by Gasteiger charge is 2.11. The molecule has 0 saturated carbocycles. The van der Waals surface area contributed by atoms with Crippen LogP contribution in [0.25, 0.3) is 16.6 Å². The molecule has 0 fully saturated rings. The minimum atomic E-state index is 0.138. The van der Waals surface area contributed by atoms with E-state index in [-0.39, 0.29) is 5.75 Å². The SMILES string of the molecule is CCN=c1nc2ccccc2c(N)n1-c1ccccc1O. The monoisotopic (exact) mass is 280 g/mol. The Hall–Kier alpha value is -2.82. The van der Waals surface area contributed by atoms with Crippen LogP contribution >= 0.6 is 0 Å². The number of hydrogen-bond acceptors (Lipinski definition) is 4. The summed E-state index contributed by atoms with van der Waals surface area (Å²) in [6.45, 7) is 2.51. The van der Waals surface area contributed by atoms with Crippen LogP contribution in [-0.4, -0.2) is 21.2 Å². The average molecular weight is 280 g/mol. The summed E-state index contributed by atoms with van der Waals surface area (Å²) in [5.41, 5.74) is 8.14. The standard InChI is InChI=1S/C16H16N4O/c1-2-18-16-19-12-8-4-3-7-11(12)15(17)20(16)13-9-5-6-10-14(13)21/h3-10,21H,2,17H2,1H3. The molecule has 0 spiro atoms. The lowest BCUT2D eigenvalue weighted by molar-refractivity contribution is 0.471. The number of aromatic hydroxyl groups is 1. The summed E-state index contributed by atoms with van der Waals surface area (Å²) < 4.78 is 1.68. The summed E-state index contributed by atoms with van der Waals surface area (Å²) in [6.07, 6.45) is 0. The van der Waals surface area contributed by atoms with E-state index >= 15 is 0 Å². The molecule has 3 rings (SSSR count). The average Bonchev–Trinajstić information content (AvgIpc) is 2.49. The first-order valence-electron chi connectivity index (χ1n) is 6.78. The van der Waals surface area contributed by atoms with Gasteiger partial charge in [0.25, 0.3) is 0 Å². The zero-order valence-electron chi connectivity index (χ0n) is 11.7. The van der Waals surface area contributed by atoms with Crippen molar-refractivity contribution in [2.45, 2.75) is 6.92 Å². The highest BCUT2D eigenvalue weighted by molar-refractivity contribution is 5.88. The topological polar surface area (TPSA) is 76.4 Å².